The average molecular weight is 472 g/mol. The Morgan fingerprint density at radius 1 is 1.06 bits per heavy atom. The minimum atomic E-state index is -4.17. The van der Waals surface area contributed by atoms with Gasteiger partial charge < -0.3 is 4.90 Å². The number of sulfone groups is 1. The van der Waals surface area contributed by atoms with Crippen molar-refractivity contribution in [2.75, 3.05) is 18.0 Å². The lowest BCUT2D eigenvalue weighted by Gasteiger charge is -2.29. The van der Waals surface area contributed by atoms with Gasteiger partial charge in [-0.15, -0.1) is 0 Å². The van der Waals surface area contributed by atoms with Crippen molar-refractivity contribution < 1.29 is 8.42 Å². The molecule has 31 heavy (non-hydrogen) atoms. The Labute approximate surface area is 191 Å². The van der Waals surface area contributed by atoms with Gasteiger partial charge in [0.1, 0.15) is 16.8 Å². The third kappa shape index (κ3) is 4.40. The third-order valence-electron chi connectivity index (χ3n) is 5.26. The Bertz CT molecular complexity index is 1320. The highest BCUT2D eigenvalue weighted by Crippen LogP contribution is 2.33. The lowest BCUT2D eigenvalue weighted by atomic mass is 10.1. The summed E-state index contributed by atoms with van der Waals surface area (Å²) in [5, 5.41) is 10.9. The molecule has 4 rings (SSSR count). The number of hydrogen-bond donors (Lipinski definition) is 0. The monoisotopic (exact) mass is 471 g/mol. The number of hydrogen-bond acceptors (Lipinski definition) is 5. The van der Waals surface area contributed by atoms with Crippen LogP contribution in [0.15, 0.2) is 58.3 Å². The molecular weight excluding hydrogens is 453 g/mol. The van der Waals surface area contributed by atoms with Crippen LogP contribution in [0.1, 0.15) is 24.8 Å². The second-order valence-electron chi connectivity index (χ2n) is 7.34. The number of nitrogens with zero attached hydrogens (tertiary/aromatic N) is 3. The predicted molar refractivity (Wildman–Crippen MR) is 125 cm³/mol. The van der Waals surface area contributed by atoms with Crippen molar-refractivity contribution in [1.29, 1.82) is 5.26 Å². The fourth-order valence-corrected chi connectivity index (χ4v) is 5.61. The van der Waals surface area contributed by atoms with Crippen molar-refractivity contribution in [3.8, 4) is 6.07 Å². The largest absolute Gasteiger partial charge is 0.356 e. The highest BCUT2D eigenvalue weighted by molar-refractivity contribution is 7.95. The smallest absolute Gasteiger partial charge is 0.218 e. The Morgan fingerprint density at radius 2 is 1.81 bits per heavy atom. The summed E-state index contributed by atoms with van der Waals surface area (Å²) in [5.41, 5.74) is 1.40. The Hall–Kier alpha value is -2.59. The number of nitriles is 1. The highest BCUT2D eigenvalue weighted by Gasteiger charge is 2.25. The standard InChI is InChI=1S/C23H19Cl2N3O2S/c24-18-8-9-20(25)22(14-18)31(29,30)19(15-26)13-17-12-16-6-2-3-7-21(16)27-23(17)28-10-4-1-5-11-28/h2-3,6-9,12-14H,1,4-5,10-11H2. The summed E-state index contributed by atoms with van der Waals surface area (Å²) in [4.78, 5) is 6.35. The first-order valence-corrected chi connectivity index (χ1v) is 12.1. The molecule has 1 aliphatic heterocycles. The zero-order chi connectivity index (χ0) is 22.0. The van der Waals surface area contributed by atoms with E-state index in [0.717, 1.165) is 43.3 Å². The molecule has 0 saturated carbocycles. The molecule has 1 fully saturated rings. The van der Waals surface area contributed by atoms with Gasteiger partial charge in [0.2, 0.25) is 9.84 Å². The van der Waals surface area contributed by atoms with Crippen LogP contribution >= 0.6 is 23.2 Å². The van der Waals surface area contributed by atoms with Crippen molar-refractivity contribution >= 4 is 55.8 Å². The number of halogens is 2. The minimum Gasteiger partial charge on any atom is -0.356 e. The Morgan fingerprint density at radius 3 is 2.55 bits per heavy atom. The number of pyridine rings is 1. The molecule has 1 aliphatic rings. The summed E-state index contributed by atoms with van der Waals surface area (Å²) in [6.07, 6.45) is 4.62. The number of aromatic nitrogens is 1. The molecule has 0 amide bonds. The maximum Gasteiger partial charge on any atom is 0.218 e. The van der Waals surface area contributed by atoms with Crippen LogP contribution in [0.2, 0.25) is 10.0 Å². The van der Waals surface area contributed by atoms with E-state index in [1.54, 1.807) is 0 Å². The Balaban J connectivity index is 1.90. The molecular formula is C23H19Cl2N3O2S. The molecule has 0 unspecified atom stereocenters. The quantitative estimate of drug-likeness (QED) is 0.444. The van der Waals surface area contributed by atoms with Crippen LogP contribution in [0, 0.1) is 11.3 Å². The zero-order valence-corrected chi connectivity index (χ0v) is 18.9. The molecule has 0 spiro atoms. The molecule has 0 bridgehead atoms. The molecule has 0 N–H and O–H groups in total. The summed E-state index contributed by atoms with van der Waals surface area (Å²) in [5.74, 6) is 0.679. The van der Waals surface area contributed by atoms with Crippen LogP contribution in [-0.2, 0) is 9.84 Å². The molecule has 3 aromatic rings. The van der Waals surface area contributed by atoms with Crippen LogP contribution in [0.25, 0.3) is 17.0 Å². The third-order valence-corrected chi connectivity index (χ3v) is 7.64. The molecule has 0 aliphatic carbocycles. The first-order valence-electron chi connectivity index (χ1n) is 9.87. The SMILES string of the molecule is N#CC(=Cc1cc2ccccc2nc1N1CCCCC1)S(=O)(=O)c1cc(Cl)ccc1Cl. The van der Waals surface area contributed by atoms with E-state index in [-0.39, 0.29) is 14.9 Å². The molecule has 0 radical (unpaired) electrons. The van der Waals surface area contributed by atoms with Gasteiger partial charge in [-0.05, 0) is 55.7 Å². The summed E-state index contributed by atoms with van der Waals surface area (Å²) < 4.78 is 26.4. The summed E-state index contributed by atoms with van der Waals surface area (Å²) in [6.45, 7) is 1.67. The van der Waals surface area contributed by atoms with E-state index in [1.165, 1.54) is 24.3 Å². The molecule has 2 heterocycles. The maximum atomic E-state index is 13.2. The van der Waals surface area contributed by atoms with Gasteiger partial charge in [-0.3, -0.25) is 0 Å². The van der Waals surface area contributed by atoms with E-state index >= 15 is 0 Å². The lowest BCUT2D eigenvalue weighted by molar-refractivity contribution is 0.574. The predicted octanol–water partition coefficient (Wildman–Crippen LogP) is 5.87. The summed E-state index contributed by atoms with van der Waals surface area (Å²) >= 11 is 12.1. The second-order valence-corrected chi connectivity index (χ2v) is 10.1. The van der Waals surface area contributed by atoms with E-state index in [1.807, 2.05) is 36.4 Å². The van der Waals surface area contributed by atoms with Gasteiger partial charge in [0.25, 0.3) is 0 Å². The minimum absolute atomic E-state index is 0.0124. The van der Waals surface area contributed by atoms with Crippen molar-refractivity contribution in [1.82, 2.24) is 4.98 Å². The summed E-state index contributed by atoms with van der Waals surface area (Å²) in [6, 6.07) is 15.5. The Kier molecular flexibility index (Phi) is 6.19. The molecule has 1 saturated heterocycles. The van der Waals surface area contributed by atoms with Crippen molar-refractivity contribution in [2.45, 2.75) is 24.2 Å². The second kappa shape index (κ2) is 8.88. The molecule has 8 heteroatoms. The molecule has 5 nitrogen and oxygen atoms in total. The van der Waals surface area contributed by atoms with E-state index in [0.29, 0.717) is 11.4 Å². The lowest BCUT2D eigenvalue weighted by Crippen LogP contribution is -2.30. The van der Waals surface area contributed by atoms with Gasteiger partial charge in [-0.25, -0.2) is 13.4 Å². The highest BCUT2D eigenvalue weighted by atomic mass is 35.5. The maximum absolute atomic E-state index is 13.2. The number of piperidine rings is 1. The topological polar surface area (TPSA) is 74.1 Å². The van der Waals surface area contributed by atoms with Crippen molar-refractivity contribution in [2.24, 2.45) is 0 Å². The van der Waals surface area contributed by atoms with Crippen molar-refractivity contribution in [3.63, 3.8) is 0 Å². The van der Waals surface area contributed by atoms with E-state index < -0.39 is 14.7 Å². The van der Waals surface area contributed by atoms with Crippen LogP contribution in [0.4, 0.5) is 5.82 Å². The molecule has 0 atom stereocenters. The average Bonchev–Trinajstić information content (AvgIpc) is 2.78. The van der Waals surface area contributed by atoms with Gasteiger partial charge in [0.15, 0.2) is 0 Å². The number of benzene rings is 2. The fraction of sp³-hybridized carbons (Fsp3) is 0.217. The van der Waals surface area contributed by atoms with Gasteiger partial charge in [-0.2, -0.15) is 5.26 Å². The van der Waals surface area contributed by atoms with E-state index in [4.69, 9.17) is 28.2 Å². The van der Waals surface area contributed by atoms with Crippen LogP contribution in [0.3, 0.4) is 0 Å². The first-order chi connectivity index (χ1) is 14.9. The van der Waals surface area contributed by atoms with Gasteiger partial charge >= 0.3 is 0 Å². The van der Waals surface area contributed by atoms with Gasteiger partial charge in [0.05, 0.1) is 15.4 Å². The van der Waals surface area contributed by atoms with Crippen molar-refractivity contribution in [3.05, 3.63) is 69.0 Å². The number of allylic oxidation sites excluding steroid dienone is 1. The van der Waals surface area contributed by atoms with Crippen LogP contribution < -0.4 is 4.90 Å². The number of para-hydroxylation sites is 1. The van der Waals surface area contributed by atoms with Crippen LogP contribution in [-0.4, -0.2) is 26.5 Å². The molecule has 1 aromatic heterocycles. The molecule has 158 valence electrons. The number of fused-ring (bicyclic) bond motifs is 1. The van der Waals surface area contributed by atoms with E-state index in [2.05, 4.69) is 4.90 Å². The zero-order valence-electron chi connectivity index (χ0n) is 16.6. The normalized spacial score (nSPS) is 15.1. The van der Waals surface area contributed by atoms with E-state index in [9.17, 15) is 13.7 Å². The summed E-state index contributed by atoms with van der Waals surface area (Å²) in [7, 11) is -4.17. The molecule has 2 aromatic carbocycles. The van der Waals surface area contributed by atoms with Crippen LogP contribution in [0.5, 0.6) is 0 Å². The number of anilines is 1. The first kappa shape index (κ1) is 21.6. The van der Waals surface area contributed by atoms with Gasteiger partial charge in [0, 0.05) is 29.1 Å². The fourth-order valence-electron chi connectivity index (χ4n) is 3.70. The van der Waals surface area contributed by atoms with Gasteiger partial charge in [-0.1, -0.05) is 41.4 Å². The number of rotatable bonds is 4.